The minimum absolute atomic E-state index is 0.180. The van der Waals surface area contributed by atoms with Crippen LogP contribution in [-0.2, 0) is 17.8 Å². The van der Waals surface area contributed by atoms with E-state index in [2.05, 4.69) is 20.4 Å². The number of carbonyl (C=O) groups excluding carboxylic acids is 1. The Bertz CT molecular complexity index is 913. The number of nitrogens with one attached hydrogen (secondary N) is 1. The summed E-state index contributed by atoms with van der Waals surface area (Å²) >= 11 is 5.98. The van der Waals surface area contributed by atoms with E-state index in [9.17, 15) is 4.79 Å². The van der Waals surface area contributed by atoms with Crippen molar-refractivity contribution >= 4 is 17.5 Å². The molecule has 3 aromatic rings. The topological polar surface area (TPSA) is 81.9 Å². The van der Waals surface area contributed by atoms with E-state index in [0.717, 1.165) is 11.1 Å². The molecule has 2 aromatic heterocycles. The van der Waals surface area contributed by atoms with Gasteiger partial charge in [-0.15, -0.1) is 0 Å². The van der Waals surface area contributed by atoms with E-state index in [1.165, 1.54) is 6.33 Å². The largest absolute Gasteiger partial charge is 0.480 e. The van der Waals surface area contributed by atoms with E-state index in [1.54, 1.807) is 29.3 Å². The Balaban J connectivity index is 1.44. The Hall–Kier alpha value is -2.93. The summed E-state index contributed by atoms with van der Waals surface area (Å²) in [6.07, 6.45) is 4.62. The van der Waals surface area contributed by atoms with Crippen LogP contribution in [0.5, 0.6) is 5.75 Å². The van der Waals surface area contributed by atoms with Gasteiger partial charge in [0.25, 0.3) is 5.91 Å². The van der Waals surface area contributed by atoms with Gasteiger partial charge < -0.3 is 10.1 Å². The van der Waals surface area contributed by atoms with Gasteiger partial charge in [-0.05, 0) is 29.8 Å². The Morgan fingerprint density at radius 3 is 3.16 bits per heavy atom. The van der Waals surface area contributed by atoms with Gasteiger partial charge in [-0.2, -0.15) is 5.10 Å². The third-order valence-corrected chi connectivity index (χ3v) is 4.18. The molecule has 1 unspecified atom stereocenters. The SMILES string of the molecule is O=C(NCc1cccnc1-n1cncn1)C1Cc2cc(Cl)ccc2O1. The quantitative estimate of drug-likeness (QED) is 0.773. The molecule has 4 rings (SSSR count). The highest BCUT2D eigenvalue weighted by atomic mass is 35.5. The van der Waals surface area contributed by atoms with Crippen LogP contribution in [0.25, 0.3) is 5.82 Å². The predicted molar refractivity (Wildman–Crippen MR) is 90.6 cm³/mol. The fourth-order valence-corrected chi connectivity index (χ4v) is 2.95. The fourth-order valence-electron chi connectivity index (χ4n) is 2.75. The maximum absolute atomic E-state index is 12.4. The second-order valence-corrected chi connectivity index (χ2v) is 6.04. The van der Waals surface area contributed by atoms with Gasteiger partial charge in [0.05, 0.1) is 0 Å². The third kappa shape index (κ3) is 3.18. The number of rotatable bonds is 4. The van der Waals surface area contributed by atoms with E-state index in [4.69, 9.17) is 16.3 Å². The van der Waals surface area contributed by atoms with Crippen LogP contribution in [0.3, 0.4) is 0 Å². The molecule has 1 amide bonds. The molecule has 3 heterocycles. The van der Waals surface area contributed by atoms with Crippen molar-refractivity contribution in [1.82, 2.24) is 25.1 Å². The molecule has 1 aliphatic rings. The Morgan fingerprint density at radius 1 is 1.40 bits per heavy atom. The summed E-state index contributed by atoms with van der Waals surface area (Å²) < 4.78 is 7.26. The van der Waals surface area contributed by atoms with Crippen LogP contribution in [0.1, 0.15) is 11.1 Å². The summed E-state index contributed by atoms with van der Waals surface area (Å²) in [4.78, 5) is 20.7. The smallest absolute Gasteiger partial charge is 0.261 e. The fraction of sp³-hybridized carbons (Fsp3) is 0.176. The summed E-state index contributed by atoms with van der Waals surface area (Å²) in [6, 6.07) is 9.06. The first-order valence-electron chi connectivity index (χ1n) is 7.72. The zero-order valence-corrected chi connectivity index (χ0v) is 13.8. The van der Waals surface area contributed by atoms with Crippen LogP contribution in [0, 0.1) is 0 Å². The lowest BCUT2D eigenvalue weighted by atomic mass is 10.1. The summed E-state index contributed by atoms with van der Waals surface area (Å²) in [5.74, 6) is 1.15. The summed E-state index contributed by atoms with van der Waals surface area (Å²) in [5.41, 5.74) is 1.78. The number of hydrogen-bond donors (Lipinski definition) is 1. The van der Waals surface area contributed by atoms with Crippen molar-refractivity contribution in [2.45, 2.75) is 19.1 Å². The maximum atomic E-state index is 12.4. The standard InChI is InChI=1S/C17H14ClN5O2/c18-13-3-4-14-12(6-13)7-15(25-14)17(24)21-8-11-2-1-5-20-16(11)23-10-19-9-22-23/h1-6,9-10,15H,7-8H2,(H,21,24). The number of benzene rings is 1. The van der Waals surface area contributed by atoms with Crippen molar-refractivity contribution in [1.29, 1.82) is 0 Å². The van der Waals surface area contributed by atoms with Crippen LogP contribution in [0.2, 0.25) is 5.02 Å². The van der Waals surface area contributed by atoms with Crippen molar-refractivity contribution in [2.75, 3.05) is 0 Å². The lowest BCUT2D eigenvalue weighted by molar-refractivity contribution is -0.127. The normalized spacial score (nSPS) is 15.5. The van der Waals surface area contributed by atoms with Gasteiger partial charge in [0.1, 0.15) is 18.4 Å². The molecule has 0 saturated heterocycles. The van der Waals surface area contributed by atoms with Crippen molar-refractivity contribution in [2.24, 2.45) is 0 Å². The predicted octanol–water partition coefficient (Wildman–Crippen LogP) is 1.94. The molecule has 0 bridgehead atoms. The molecule has 1 atom stereocenters. The average molecular weight is 356 g/mol. The van der Waals surface area contributed by atoms with Crippen LogP contribution in [-0.4, -0.2) is 31.8 Å². The van der Waals surface area contributed by atoms with Gasteiger partial charge in [0.15, 0.2) is 11.9 Å². The second-order valence-electron chi connectivity index (χ2n) is 5.61. The average Bonchev–Trinajstić information content (AvgIpc) is 3.29. The summed E-state index contributed by atoms with van der Waals surface area (Å²) in [7, 11) is 0. The van der Waals surface area contributed by atoms with Crippen molar-refractivity contribution in [3.8, 4) is 11.6 Å². The molecule has 126 valence electrons. The highest BCUT2D eigenvalue weighted by Gasteiger charge is 2.29. The molecule has 1 aromatic carbocycles. The van der Waals surface area contributed by atoms with Crippen molar-refractivity contribution < 1.29 is 9.53 Å². The number of ether oxygens (including phenoxy) is 1. The number of aromatic nitrogens is 4. The van der Waals surface area contributed by atoms with Crippen LogP contribution in [0.4, 0.5) is 0 Å². The zero-order valence-electron chi connectivity index (χ0n) is 13.1. The van der Waals surface area contributed by atoms with Gasteiger partial charge in [0, 0.05) is 29.7 Å². The molecular formula is C17H14ClN5O2. The molecule has 8 heteroatoms. The number of pyridine rings is 1. The van der Waals surface area contributed by atoms with E-state index < -0.39 is 6.10 Å². The van der Waals surface area contributed by atoms with Gasteiger partial charge in [-0.3, -0.25) is 4.79 Å². The summed E-state index contributed by atoms with van der Waals surface area (Å²) in [6.45, 7) is 0.318. The Labute approximate surface area is 148 Å². The molecule has 1 N–H and O–H groups in total. The lowest BCUT2D eigenvalue weighted by Gasteiger charge is -2.13. The zero-order chi connectivity index (χ0) is 17.2. The molecule has 0 fully saturated rings. The van der Waals surface area contributed by atoms with Crippen molar-refractivity contribution in [3.63, 3.8) is 0 Å². The molecular weight excluding hydrogens is 342 g/mol. The van der Waals surface area contributed by atoms with E-state index in [1.807, 2.05) is 18.2 Å². The van der Waals surface area contributed by atoms with Crippen molar-refractivity contribution in [3.05, 3.63) is 65.3 Å². The van der Waals surface area contributed by atoms with E-state index in [0.29, 0.717) is 29.6 Å². The minimum atomic E-state index is -0.556. The van der Waals surface area contributed by atoms with Gasteiger partial charge in [-0.1, -0.05) is 17.7 Å². The van der Waals surface area contributed by atoms with Gasteiger partial charge in [-0.25, -0.2) is 14.6 Å². The minimum Gasteiger partial charge on any atom is -0.480 e. The molecule has 0 aliphatic carbocycles. The highest BCUT2D eigenvalue weighted by Crippen LogP contribution is 2.31. The van der Waals surface area contributed by atoms with Gasteiger partial charge in [0.2, 0.25) is 0 Å². The first-order valence-corrected chi connectivity index (χ1v) is 8.10. The first-order chi connectivity index (χ1) is 12.2. The number of hydrogen-bond acceptors (Lipinski definition) is 5. The molecule has 7 nitrogen and oxygen atoms in total. The first kappa shape index (κ1) is 15.6. The number of halogens is 1. The number of carbonyl (C=O) groups is 1. The molecule has 25 heavy (non-hydrogen) atoms. The molecule has 0 spiro atoms. The third-order valence-electron chi connectivity index (χ3n) is 3.95. The number of nitrogens with zero attached hydrogens (tertiary/aromatic N) is 4. The monoisotopic (exact) mass is 355 g/mol. The molecule has 0 saturated carbocycles. The maximum Gasteiger partial charge on any atom is 0.261 e. The molecule has 1 aliphatic heterocycles. The summed E-state index contributed by atoms with van der Waals surface area (Å²) in [5, 5.41) is 7.61. The van der Waals surface area contributed by atoms with Gasteiger partial charge >= 0.3 is 0 Å². The van der Waals surface area contributed by atoms with E-state index in [-0.39, 0.29) is 5.91 Å². The number of fused-ring (bicyclic) bond motifs is 1. The second kappa shape index (κ2) is 6.52. The Morgan fingerprint density at radius 2 is 2.32 bits per heavy atom. The van der Waals surface area contributed by atoms with Crippen LogP contribution in [0.15, 0.2) is 49.2 Å². The highest BCUT2D eigenvalue weighted by molar-refractivity contribution is 6.30. The number of amides is 1. The van der Waals surface area contributed by atoms with Crippen LogP contribution >= 0.6 is 11.6 Å². The van der Waals surface area contributed by atoms with E-state index >= 15 is 0 Å². The Kier molecular flexibility index (Phi) is 4.07. The lowest BCUT2D eigenvalue weighted by Crippen LogP contribution is -2.37. The van der Waals surface area contributed by atoms with Crippen LogP contribution < -0.4 is 10.1 Å². The molecule has 0 radical (unpaired) electrons.